The third-order valence-electron chi connectivity index (χ3n) is 6.29. The molecule has 0 heterocycles. The topological polar surface area (TPSA) is 125 Å². The number of amides is 2. The van der Waals surface area contributed by atoms with Gasteiger partial charge in [-0.3, -0.25) is 9.59 Å². The summed E-state index contributed by atoms with van der Waals surface area (Å²) in [6.45, 7) is 1.78. The Balaban J connectivity index is 1.21. The van der Waals surface area contributed by atoms with Gasteiger partial charge >= 0.3 is 12.1 Å². The largest absolute Gasteiger partial charge is 0.481 e. The molecule has 1 fully saturated rings. The van der Waals surface area contributed by atoms with Crippen molar-refractivity contribution in [1.82, 2.24) is 10.6 Å². The van der Waals surface area contributed by atoms with Gasteiger partial charge in [0, 0.05) is 24.9 Å². The van der Waals surface area contributed by atoms with Gasteiger partial charge in [0.05, 0.1) is 12.0 Å². The number of hydrogen-bond acceptors (Lipinski definition) is 5. The van der Waals surface area contributed by atoms with Crippen LogP contribution < -0.4 is 10.6 Å². The quantitative estimate of drug-likeness (QED) is 0.463. The van der Waals surface area contributed by atoms with Crippen LogP contribution >= 0.6 is 0 Å². The van der Waals surface area contributed by atoms with Crippen molar-refractivity contribution in [1.29, 1.82) is 0 Å². The zero-order valence-electron chi connectivity index (χ0n) is 18.4. The predicted molar refractivity (Wildman–Crippen MR) is 121 cm³/mol. The van der Waals surface area contributed by atoms with Crippen molar-refractivity contribution < 1.29 is 29.3 Å². The van der Waals surface area contributed by atoms with Crippen LogP contribution in [-0.2, 0) is 14.3 Å². The second kappa shape index (κ2) is 9.23. The molecule has 0 aliphatic heterocycles. The standard InChI is InChI=1S/C25H28N2O6/c1-25(32,11-22(28)29)14-27-23(30)20-10-15(20)12-26-24(31)33-13-21-18-8-4-2-6-16(18)17-7-3-5-9-19(17)21/h2-9,15,20-21,32H,10-14H2,1H3,(H,26,31)(H,27,30)(H,28,29). The molecule has 2 aliphatic rings. The van der Waals surface area contributed by atoms with Gasteiger partial charge in [0.2, 0.25) is 5.91 Å². The van der Waals surface area contributed by atoms with Gasteiger partial charge in [0.15, 0.2) is 0 Å². The number of aliphatic hydroxyl groups is 1. The van der Waals surface area contributed by atoms with Crippen molar-refractivity contribution >= 4 is 18.0 Å². The first kappa shape index (κ1) is 22.8. The van der Waals surface area contributed by atoms with Gasteiger partial charge in [-0.2, -0.15) is 0 Å². The molecule has 2 amide bonds. The fraction of sp³-hybridized carbons (Fsp3) is 0.400. The van der Waals surface area contributed by atoms with E-state index in [-0.39, 0.29) is 36.8 Å². The number of carbonyl (C=O) groups is 3. The monoisotopic (exact) mass is 452 g/mol. The number of fused-ring (bicyclic) bond motifs is 3. The number of rotatable bonds is 9. The second-order valence-electron chi connectivity index (χ2n) is 9.09. The van der Waals surface area contributed by atoms with E-state index in [0.29, 0.717) is 13.0 Å². The lowest BCUT2D eigenvalue weighted by Crippen LogP contribution is -2.43. The summed E-state index contributed by atoms with van der Waals surface area (Å²) in [6, 6.07) is 16.2. The van der Waals surface area contributed by atoms with Crippen LogP contribution in [0.15, 0.2) is 48.5 Å². The van der Waals surface area contributed by atoms with E-state index in [1.807, 2.05) is 24.3 Å². The van der Waals surface area contributed by atoms with Gasteiger partial charge in [-0.15, -0.1) is 0 Å². The first-order chi connectivity index (χ1) is 15.7. The Kier molecular flexibility index (Phi) is 6.37. The van der Waals surface area contributed by atoms with E-state index in [1.165, 1.54) is 6.92 Å². The number of benzene rings is 2. The first-order valence-electron chi connectivity index (χ1n) is 11.1. The highest BCUT2D eigenvalue weighted by molar-refractivity contribution is 5.82. The number of hydrogen-bond donors (Lipinski definition) is 4. The van der Waals surface area contributed by atoms with E-state index in [1.54, 1.807) is 0 Å². The molecule has 2 aromatic carbocycles. The van der Waals surface area contributed by atoms with E-state index < -0.39 is 24.1 Å². The minimum atomic E-state index is -1.51. The SMILES string of the molecule is CC(O)(CNC(=O)C1CC1CNC(=O)OCC1c2ccccc2-c2ccccc21)CC(=O)O. The van der Waals surface area contributed by atoms with Gasteiger partial charge in [-0.05, 0) is 41.5 Å². The van der Waals surface area contributed by atoms with Crippen molar-refractivity contribution in [2.24, 2.45) is 11.8 Å². The molecule has 0 saturated heterocycles. The van der Waals surface area contributed by atoms with E-state index >= 15 is 0 Å². The summed E-state index contributed by atoms with van der Waals surface area (Å²) in [5.41, 5.74) is 3.10. The summed E-state index contributed by atoms with van der Waals surface area (Å²) < 4.78 is 5.50. The average molecular weight is 453 g/mol. The number of aliphatic carboxylic acids is 1. The van der Waals surface area contributed by atoms with Crippen molar-refractivity contribution in [3.8, 4) is 11.1 Å². The molecule has 0 radical (unpaired) electrons. The molecule has 0 spiro atoms. The lowest BCUT2D eigenvalue weighted by atomic mass is 9.98. The minimum Gasteiger partial charge on any atom is -0.481 e. The van der Waals surface area contributed by atoms with E-state index in [4.69, 9.17) is 9.84 Å². The van der Waals surface area contributed by atoms with Crippen molar-refractivity contribution in [2.45, 2.75) is 31.3 Å². The normalized spacial score (nSPS) is 20.2. The molecule has 0 bridgehead atoms. The van der Waals surface area contributed by atoms with Gasteiger partial charge in [0.1, 0.15) is 6.61 Å². The molecule has 0 aromatic heterocycles. The molecule has 33 heavy (non-hydrogen) atoms. The maximum Gasteiger partial charge on any atom is 0.407 e. The van der Waals surface area contributed by atoms with Crippen LogP contribution in [0.1, 0.15) is 36.8 Å². The Morgan fingerprint density at radius 1 is 1.03 bits per heavy atom. The van der Waals surface area contributed by atoms with Gasteiger partial charge < -0.3 is 25.6 Å². The Labute approximate surface area is 192 Å². The third kappa shape index (κ3) is 5.34. The van der Waals surface area contributed by atoms with Crippen molar-refractivity contribution in [3.05, 3.63) is 59.7 Å². The molecule has 2 aromatic rings. The summed E-state index contributed by atoms with van der Waals surface area (Å²) in [5, 5.41) is 24.1. The highest BCUT2D eigenvalue weighted by Gasteiger charge is 2.43. The van der Waals surface area contributed by atoms with Crippen molar-refractivity contribution in [3.63, 3.8) is 0 Å². The maximum atomic E-state index is 12.3. The van der Waals surface area contributed by atoms with Crippen LogP contribution in [0.4, 0.5) is 4.79 Å². The van der Waals surface area contributed by atoms with Crippen LogP contribution in [0.25, 0.3) is 11.1 Å². The second-order valence-corrected chi connectivity index (χ2v) is 9.09. The minimum absolute atomic E-state index is 0.00472. The van der Waals surface area contributed by atoms with Gasteiger partial charge in [-0.25, -0.2) is 4.79 Å². The Hall–Kier alpha value is -3.39. The van der Waals surface area contributed by atoms with Crippen LogP contribution in [0.3, 0.4) is 0 Å². The zero-order chi connectivity index (χ0) is 23.6. The average Bonchev–Trinajstić information content (AvgIpc) is 3.49. The fourth-order valence-corrected chi connectivity index (χ4v) is 4.46. The zero-order valence-corrected chi connectivity index (χ0v) is 18.4. The van der Waals surface area contributed by atoms with Crippen molar-refractivity contribution in [2.75, 3.05) is 19.7 Å². The number of alkyl carbamates (subject to hydrolysis) is 1. The molecule has 3 unspecified atom stereocenters. The molecule has 2 aliphatic carbocycles. The number of carbonyl (C=O) groups excluding carboxylic acids is 2. The Morgan fingerprint density at radius 3 is 2.24 bits per heavy atom. The summed E-state index contributed by atoms with van der Waals surface area (Å²) in [4.78, 5) is 35.2. The number of nitrogens with one attached hydrogen (secondary N) is 2. The maximum absolute atomic E-state index is 12.3. The van der Waals surface area contributed by atoms with E-state index in [0.717, 1.165) is 22.3 Å². The lowest BCUT2D eigenvalue weighted by Gasteiger charge is -2.21. The predicted octanol–water partition coefficient (Wildman–Crippen LogP) is 2.50. The number of carboxylic acids is 1. The molecule has 174 valence electrons. The molecule has 8 nitrogen and oxygen atoms in total. The molecular formula is C25H28N2O6. The van der Waals surface area contributed by atoms with Gasteiger partial charge in [-0.1, -0.05) is 48.5 Å². The Morgan fingerprint density at radius 2 is 1.64 bits per heavy atom. The van der Waals surface area contributed by atoms with Crippen LogP contribution in [0, 0.1) is 11.8 Å². The highest BCUT2D eigenvalue weighted by atomic mass is 16.5. The number of carboxylic acid groups (broad SMARTS) is 1. The fourth-order valence-electron chi connectivity index (χ4n) is 4.46. The summed E-state index contributed by atoms with van der Waals surface area (Å²) in [5.74, 6) is -1.67. The summed E-state index contributed by atoms with van der Waals surface area (Å²) in [7, 11) is 0. The summed E-state index contributed by atoms with van der Waals surface area (Å²) >= 11 is 0. The molecule has 8 heteroatoms. The van der Waals surface area contributed by atoms with E-state index in [9.17, 15) is 19.5 Å². The number of ether oxygens (including phenoxy) is 1. The van der Waals surface area contributed by atoms with Crippen LogP contribution in [0.5, 0.6) is 0 Å². The smallest absolute Gasteiger partial charge is 0.407 e. The Bertz CT molecular complexity index is 1020. The van der Waals surface area contributed by atoms with Crippen LogP contribution in [0.2, 0.25) is 0 Å². The highest BCUT2D eigenvalue weighted by Crippen LogP contribution is 2.44. The molecule has 4 N–H and O–H groups in total. The molecule has 1 saturated carbocycles. The summed E-state index contributed by atoms with van der Waals surface area (Å²) in [6.07, 6.45) is -0.353. The molecule has 4 rings (SSSR count). The molecular weight excluding hydrogens is 424 g/mol. The first-order valence-corrected chi connectivity index (χ1v) is 11.1. The lowest BCUT2D eigenvalue weighted by molar-refractivity contribution is -0.142. The van der Waals surface area contributed by atoms with E-state index in [2.05, 4.69) is 34.9 Å². The van der Waals surface area contributed by atoms with Crippen LogP contribution in [-0.4, -0.2) is 53.5 Å². The molecule has 3 atom stereocenters. The van der Waals surface area contributed by atoms with Gasteiger partial charge in [0.25, 0.3) is 0 Å². The third-order valence-corrected chi connectivity index (χ3v) is 6.29.